The standard InChI is InChI=1S/C8H10O.C3H6O/c1-7(9)8-5-3-2-4-6-8;1-3-2-4-3/h2-7,9H,1H3;3H,2H2,1H3. The molecule has 0 bridgehead atoms. The van der Waals surface area contributed by atoms with Gasteiger partial charge in [-0.1, -0.05) is 30.3 Å². The number of rotatable bonds is 1. The molecule has 0 aliphatic carbocycles. The molecule has 1 heterocycles. The van der Waals surface area contributed by atoms with Gasteiger partial charge >= 0.3 is 0 Å². The van der Waals surface area contributed by atoms with Crippen LogP contribution in [-0.4, -0.2) is 17.8 Å². The van der Waals surface area contributed by atoms with E-state index in [1.54, 1.807) is 6.92 Å². The third-order valence-electron chi connectivity index (χ3n) is 1.78. The Hall–Kier alpha value is -0.860. The molecule has 1 aromatic carbocycles. The highest BCUT2D eigenvalue weighted by Gasteiger charge is 2.13. The fraction of sp³-hybridized carbons (Fsp3) is 0.455. The molecule has 72 valence electrons. The maximum atomic E-state index is 9.02. The zero-order valence-corrected chi connectivity index (χ0v) is 8.10. The number of aliphatic hydroxyl groups excluding tert-OH is 1. The monoisotopic (exact) mass is 180 g/mol. The number of ether oxygens (including phenoxy) is 1. The van der Waals surface area contributed by atoms with E-state index in [9.17, 15) is 0 Å². The summed E-state index contributed by atoms with van der Waals surface area (Å²) in [5, 5.41) is 9.02. The van der Waals surface area contributed by atoms with Gasteiger partial charge in [0.25, 0.3) is 0 Å². The lowest BCUT2D eigenvalue weighted by Gasteiger charge is -2.00. The van der Waals surface area contributed by atoms with Crippen LogP contribution in [0.4, 0.5) is 0 Å². The van der Waals surface area contributed by atoms with Crippen LogP contribution in [0.5, 0.6) is 0 Å². The van der Waals surface area contributed by atoms with E-state index in [0.29, 0.717) is 6.10 Å². The Balaban J connectivity index is 0.000000175. The van der Waals surface area contributed by atoms with Gasteiger partial charge in [-0.3, -0.25) is 0 Å². The number of hydrogen-bond acceptors (Lipinski definition) is 2. The summed E-state index contributed by atoms with van der Waals surface area (Å²) in [4.78, 5) is 0. The van der Waals surface area contributed by atoms with Crippen LogP contribution in [0.1, 0.15) is 25.5 Å². The highest BCUT2D eigenvalue weighted by Crippen LogP contribution is 2.09. The number of hydrogen-bond donors (Lipinski definition) is 1. The van der Waals surface area contributed by atoms with Crippen molar-refractivity contribution in [3.05, 3.63) is 35.9 Å². The van der Waals surface area contributed by atoms with Gasteiger partial charge in [-0.15, -0.1) is 0 Å². The highest BCUT2D eigenvalue weighted by atomic mass is 16.6. The summed E-state index contributed by atoms with van der Waals surface area (Å²) in [7, 11) is 0. The van der Waals surface area contributed by atoms with Crippen molar-refractivity contribution in [1.29, 1.82) is 0 Å². The van der Waals surface area contributed by atoms with Crippen LogP contribution in [0.3, 0.4) is 0 Å². The summed E-state index contributed by atoms with van der Waals surface area (Å²) in [6, 6.07) is 9.59. The summed E-state index contributed by atoms with van der Waals surface area (Å²) < 4.78 is 4.71. The highest BCUT2D eigenvalue weighted by molar-refractivity contribution is 5.16. The average Bonchev–Trinajstić information content (AvgIpc) is 2.90. The Morgan fingerprint density at radius 1 is 1.38 bits per heavy atom. The van der Waals surface area contributed by atoms with E-state index in [4.69, 9.17) is 9.84 Å². The molecule has 1 aliphatic rings. The van der Waals surface area contributed by atoms with E-state index < -0.39 is 0 Å². The molecule has 2 rings (SSSR count). The molecule has 13 heavy (non-hydrogen) atoms. The van der Waals surface area contributed by atoms with Gasteiger partial charge in [0, 0.05) is 0 Å². The van der Waals surface area contributed by atoms with E-state index in [1.807, 2.05) is 30.3 Å². The molecule has 1 aliphatic heterocycles. The van der Waals surface area contributed by atoms with Gasteiger partial charge in [0.2, 0.25) is 0 Å². The second kappa shape index (κ2) is 5.00. The van der Waals surface area contributed by atoms with Gasteiger partial charge in [0.15, 0.2) is 0 Å². The SMILES string of the molecule is CC(O)c1ccccc1.CC1CO1. The van der Waals surface area contributed by atoms with Gasteiger partial charge in [0.1, 0.15) is 0 Å². The molecule has 2 unspecified atom stereocenters. The molecular formula is C11H16O2. The van der Waals surface area contributed by atoms with Crippen LogP contribution in [0.25, 0.3) is 0 Å². The van der Waals surface area contributed by atoms with Crippen LogP contribution in [0, 0.1) is 0 Å². The molecule has 0 saturated carbocycles. The lowest BCUT2D eigenvalue weighted by molar-refractivity contribution is 0.199. The summed E-state index contributed by atoms with van der Waals surface area (Å²) >= 11 is 0. The summed E-state index contributed by atoms with van der Waals surface area (Å²) in [5.41, 5.74) is 0.970. The topological polar surface area (TPSA) is 32.8 Å². The predicted molar refractivity (Wildman–Crippen MR) is 52.5 cm³/mol. The first-order valence-electron chi connectivity index (χ1n) is 4.54. The van der Waals surface area contributed by atoms with Gasteiger partial charge < -0.3 is 9.84 Å². The largest absolute Gasteiger partial charge is 0.389 e. The Morgan fingerprint density at radius 2 is 1.85 bits per heavy atom. The van der Waals surface area contributed by atoms with Gasteiger partial charge in [-0.05, 0) is 19.4 Å². The third-order valence-corrected chi connectivity index (χ3v) is 1.78. The Kier molecular flexibility index (Phi) is 3.93. The van der Waals surface area contributed by atoms with Crippen molar-refractivity contribution in [2.75, 3.05) is 6.61 Å². The van der Waals surface area contributed by atoms with Crippen molar-refractivity contribution in [3.8, 4) is 0 Å². The van der Waals surface area contributed by atoms with Crippen molar-refractivity contribution >= 4 is 0 Å². The molecule has 0 spiro atoms. The molecule has 2 nitrogen and oxygen atoms in total. The molecule has 0 radical (unpaired) electrons. The minimum absolute atomic E-state index is 0.341. The average molecular weight is 180 g/mol. The molecule has 0 aromatic heterocycles. The Labute approximate surface area is 79.2 Å². The number of epoxide rings is 1. The Morgan fingerprint density at radius 3 is 2.08 bits per heavy atom. The third kappa shape index (κ3) is 4.65. The van der Waals surface area contributed by atoms with Crippen molar-refractivity contribution in [2.24, 2.45) is 0 Å². The second-order valence-electron chi connectivity index (χ2n) is 3.23. The van der Waals surface area contributed by atoms with Gasteiger partial charge in [-0.2, -0.15) is 0 Å². The maximum Gasteiger partial charge on any atom is 0.0781 e. The smallest absolute Gasteiger partial charge is 0.0781 e. The number of aliphatic hydroxyl groups is 1. The minimum Gasteiger partial charge on any atom is -0.389 e. The normalized spacial score (nSPS) is 21.3. The first-order valence-corrected chi connectivity index (χ1v) is 4.54. The van der Waals surface area contributed by atoms with E-state index in [1.165, 1.54) is 0 Å². The van der Waals surface area contributed by atoms with E-state index in [0.717, 1.165) is 12.2 Å². The zero-order valence-electron chi connectivity index (χ0n) is 8.10. The molecule has 1 fully saturated rings. The van der Waals surface area contributed by atoms with Crippen molar-refractivity contribution < 1.29 is 9.84 Å². The quantitative estimate of drug-likeness (QED) is 0.672. The first-order chi connectivity index (χ1) is 6.20. The van der Waals surface area contributed by atoms with Gasteiger partial charge in [-0.25, -0.2) is 0 Å². The first kappa shape index (κ1) is 10.2. The van der Waals surface area contributed by atoms with Crippen LogP contribution in [0.2, 0.25) is 0 Å². The van der Waals surface area contributed by atoms with Crippen molar-refractivity contribution in [3.63, 3.8) is 0 Å². The summed E-state index contributed by atoms with van der Waals surface area (Å²) in [6.07, 6.45) is 0.242. The second-order valence-corrected chi connectivity index (χ2v) is 3.23. The van der Waals surface area contributed by atoms with Crippen LogP contribution in [0.15, 0.2) is 30.3 Å². The summed E-state index contributed by atoms with van der Waals surface area (Å²) in [6.45, 7) is 4.80. The molecule has 1 N–H and O–H groups in total. The van der Waals surface area contributed by atoms with Crippen molar-refractivity contribution in [2.45, 2.75) is 26.1 Å². The molecule has 1 saturated heterocycles. The van der Waals surface area contributed by atoms with E-state index in [-0.39, 0.29) is 6.10 Å². The van der Waals surface area contributed by atoms with E-state index in [2.05, 4.69) is 6.92 Å². The van der Waals surface area contributed by atoms with Crippen molar-refractivity contribution in [1.82, 2.24) is 0 Å². The predicted octanol–water partition coefficient (Wildman–Crippen LogP) is 2.15. The number of benzene rings is 1. The van der Waals surface area contributed by atoms with Crippen LogP contribution >= 0.6 is 0 Å². The van der Waals surface area contributed by atoms with E-state index >= 15 is 0 Å². The van der Waals surface area contributed by atoms with Gasteiger partial charge in [0.05, 0.1) is 18.8 Å². The fourth-order valence-electron chi connectivity index (χ4n) is 0.828. The molecule has 2 heteroatoms. The minimum atomic E-state index is -0.341. The van der Waals surface area contributed by atoms with Crippen LogP contribution in [-0.2, 0) is 4.74 Å². The van der Waals surface area contributed by atoms with Crippen LogP contribution < -0.4 is 0 Å². The fourth-order valence-corrected chi connectivity index (χ4v) is 0.828. The molecule has 1 aromatic rings. The zero-order chi connectivity index (χ0) is 9.68. The molecular weight excluding hydrogens is 164 g/mol. The molecule has 0 amide bonds. The lowest BCUT2D eigenvalue weighted by Crippen LogP contribution is -1.87. The summed E-state index contributed by atoms with van der Waals surface area (Å²) in [5.74, 6) is 0. The molecule has 2 atom stereocenters. The lowest BCUT2D eigenvalue weighted by atomic mass is 10.1. The maximum absolute atomic E-state index is 9.02. The Bertz CT molecular complexity index is 227.